The van der Waals surface area contributed by atoms with Gasteiger partial charge in [0.1, 0.15) is 31.2 Å². The smallest absolute Gasteiger partial charge is 0.261 e. The van der Waals surface area contributed by atoms with Crippen molar-refractivity contribution in [3.8, 4) is 0 Å². The van der Waals surface area contributed by atoms with Crippen LogP contribution in [0.2, 0.25) is 0 Å². The van der Waals surface area contributed by atoms with Crippen LogP contribution in [0.3, 0.4) is 0 Å². The third-order valence-corrected chi connectivity index (χ3v) is 6.69. The van der Waals surface area contributed by atoms with E-state index < -0.39 is 0 Å². The van der Waals surface area contributed by atoms with E-state index in [0.29, 0.717) is 30.9 Å². The van der Waals surface area contributed by atoms with Gasteiger partial charge in [0.05, 0.1) is 17.7 Å². The van der Waals surface area contributed by atoms with Gasteiger partial charge in [-0.05, 0) is 25.0 Å². The molecule has 1 aromatic rings. The molecule has 0 unspecified atom stereocenters. The van der Waals surface area contributed by atoms with Crippen LogP contribution in [0.1, 0.15) is 59.2 Å². The second-order valence-corrected chi connectivity index (χ2v) is 8.84. The fourth-order valence-corrected chi connectivity index (χ4v) is 4.90. The van der Waals surface area contributed by atoms with Gasteiger partial charge < -0.3 is 28.4 Å². The quantitative estimate of drug-likeness (QED) is 0.367. The minimum Gasteiger partial charge on any atom is -0.379 e. The number of fused-ring (bicyclic) bond motifs is 4. The molecule has 9 nitrogen and oxygen atoms in total. The number of nitrogens with zero attached hydrogens (tertiary/aromatic N) is 1. The Balaban J connectivity index is 0.904. The van der Waals surface area contributed by atoms with Gasteiger partial charge in [-0.3, -0.25) is 14.5 Å². The van der Waals surface area contributed by atoms with E-state index >= 15 is 0 Å². The van der Waals surface area contributed by atoms with Gasteiger partial charge in [-0.2, -0.15) is 0 Å². The molecule has 4 heterocycles. The first-order chi connectivity index (χ1) is 16.2. The van der Waals surface area contributed by atoms with Crippen LogP contribution in [-0.4, -0.2) is 80.8 Å². The first kappa shape index (κ1) is 22.9. The Morgan fingerprint density at radius 2 is 1.45 bits per heavy atom. The maximum atomic E-state index is 12.4. The molecule has 2 amide bonds. The molecule has 0 spiro atoms. The number of imide groups is 1. The van der Waals surface area contributed by atoms with E-state index in [2.05, 4.69) is 0 Å². The van der Waals surface area contributed by atoms with Gasteiger partial charge in [-0.25, -0.2) is 0 Å². The molecule has 0 radical (unpaired) electrons. The summed E-state index contributed by atoms with van der Waals surface area (Å²) in [6.07, 6.45) is 4.94. The largest absolute Gasteiger partial charge is 0.379 e. The predicted octanol–water partition coefficient (Wildman–Crippen LogP) is 2.48. The number of rotatable bonds is 11. The molecule has 5 atom stereocenters. The lowest BCUT2D eigenvalue weighted by molar-refractivity contribution is -0.253. The summed E-state index contributed by atoms with van der Waals surface area (Å²) in [5.74, 6) is -0.335. The number of ether oxygens (including phenoxy) is 6. The molecule has 0 aliphatic carbocycles. The first-order valence-corrected chi connectivity index (χ1v) is 11.9. The Hall–Kier alpha value is -1.88. The van der Waals surface area contributed by atoms with E-state index in [0.717, 1.165) is 38.5 Å². The van der Waals surface area contributed by atoms with Crippen LogP contribution in [0.4, 0.5) is 0 Å². The molecule has 0 N–H and O–H groups in total. The van der Waals surface area contributed by atoms with Crippen LogP contribution < -0.4 is 0 Å². The monoisotopic (exact) mass is 461 g/mol. The molecule has 3 fully saturated rings. The molecular weight excluding hydrogens is 430 g/mol. The molecule has 4 aliphatic heterocycles. The molecule has 0 aromatic heterocycles. The van der Waals surface area contributed by atoms with E-state index in [1.165, 1.54) is 4.90 Å². The number of amides is 2. The summed E-state index contributed by atoms with van der Waals surface area (Å²) in [6.45, 7) is 2.08. The van der Waals surface area contributed by atoms with Crippen molar-refractivity contribution in [1.82, 2.24) is 4.90 Å². The minimum atomic E-state index is -0.374. The van der Waals surface area contributed by atoms with E-state index in [1.54, 1.807) is 24.3 Å². The van der Waals surface area contributed by atoms with Crippen molar-refractivity contribution in [3.63, 3.8) is 0 Å². The van der Waals surface area contributed by atoms with Crippen LogP contribution in [0.5, 0.6) is 0 Å². The van der Waals surface area contributed by atoms with Crippen molar-refractivity contribution in [2.45, 2.75) is 69.2 Å². The predicted molar refractivity (Wildman–Crippen MR) is 114 cm³/mol. The Labute approximate surface area is 193 Å². The third-order valence-electron chi connectivity index (χ3n) is 6.69. The number of unbranched alkanes of at least 4 members (excludes halogenated alkanes) is 5. The fourth-order valence-electron chi connectivity index (χ4n) is 4.90. The minimum absolute atomic E-state index is 0.167. The van der Waals surface area contributed by atoms with Gasteiger partial charge in [0.2, 0.25) is 0 Å². The third kappa shape index (κ3) is 4.84. The summed E-state index contributed by atoms with van der Waals surface area (Å²) in [6, 6.07) is 7.03. The Morgan fingerprint density at radius 3 is 2.24 bits per heavy atom. The standard InChI is InChI=1S/C24H31NO8/c26-22-16-9-5-6-10-17(16)23(27)25(22)11-7-3-1-2-4-8-12-28-13-18-19-20(30-14-29-18)21-24(33-19)32-15-31-21/h5-6,9-10,18-21,24H,1-4,7-8,11-15H2/t18-,19-,20+,21-,24+/m1/s1. The Kier molecular flexibility index (Phi) is 7.34. The molecule has 3 saturated heterocycles. The lowest BCUT2D eigenvalue weighted by Crippen LogP contribution is -2.49. The summed E-state index contributed by atoms with van der Waals surface area (Å²) in [5.41, 5.74) is 1.04. The Bertz CT molecular complexity index is 813. The summed E-state index contributed by atoms with van der Waals surface area (Å²) in [4.78, 5) is 26.1. The zero-order valence-corrected chi connectivity index (χ0v) is 18.7. The second-order valence-electron chi connectivity index (χ2n) is 8.84. The number of carbonyl (C=O) groups excluding carboxylic acids is 2. The molecule has 4 aliphatic rings. The topological polar surface area (TPSA) is 92.8 Å². The van der Waals surface area contributed by atoms with E-state index in [9.17, 15) is 9.59 Å². The van der Waals surface area contributed by atoms with Gasteiger partial charge in [0, 0.05) is 13.2 Å². The van der Waals surface area contributed by atoms with Gasteiger partial charge in [-0.15, -0.1) is 0 Å². The van der Waals surface area contributed by atoms with Crippen LogP contribution >= 0.6 is 0 Å². The average Bonchev–Trinajstić information content (AvgIpc) is 3.50. The van der Waals surface area contributed by atoms with Crippen LogP contribution in [0.25, 0.3) is 0 Å². The van der Waals surface area contributed by atoms with Gasteiger partial charge in [-0.1, -0.05) is 37.8 Å². The SMILES string of the molecule is O=C1c2ccccc2C(=O)N1CCCCCCCCOC[C@H]1OCO[C@@H]2[C@H]3OCO[C@H]3O[C@@H]21. The number of hydrogen-bond donors (Lipinski definition) is 0. The highest BCUT2D eigenvalue weighted by atomic mass is 16.8. The van der Waals surface area contributed by atoms with Crippen molar-refractivity contribution in [1.29, 1.82) is 0 Å². The highest BCUT2D eigenvalue weighted by Crippen LogP contribution is 2.35. The van der Waals surface area contributed by atoms with Crippen LogP contribution in [0, 0.1) is 0 Å². The lowest BCUT2D eigenvalue weighted by atomic mass is 10.1. The summed E-state index contributed by atoms with van der Waals surface area (Å²) in [7, 11) is 0. The zero-order valence-electron chi connectivity index (χ0n) is 18.7. The molecule has 180 valence electrons. The Morgan fingerprint density at radius 1 is 0.788 bits per heavy atom. The summed E-state index contributed by atoms with van der Waals surface area (Å²) in [5, 5.41) is 0. The summed E-state index contributed by atoms with van der Waals surface area (Å²) < 4.78 is 34.0. The van der Waals surface area contributed by atoms with Crippen molar-refractivity contribution < 1.29 is 38.0 Å². The number of carbonyl (C=O) groups is 2. The van der Waals surface area contributed by atoms with Gasteiger partial charge in [0.25, 0.3) is 11.8 Å². The van der Waals surface area contributed by atoms with Crippen molar-refractivity contribution in [2.24, 2.45) is 0 Å². The average molecular weight is 462 g/mol. The van der Waals surface area contributed by atoms with Crippen molar-refractivity contribution in [2.75, 3.05) is 33.3 Å². The highest BCUT2D eigenvalue weighted by Gasteiger charge is 2.54. The molecule has 33 heavy (non-hydrogen) atoms. The van der Waals surface area contributed by atoms with Crippen molar-refractivity contribution >= 4 is 11.8 Å². The maximum Gasteiger partial charge on any atom is 0.261 e. The van der Waals surface area contributed by atoms with Crippen molar-refractivity contribution in [3.05, 3.63) is 35.4 Å². The lowest BCUT2D eigenvalue weighted by Gasteiger charge is -2.33. The van der Waals surface area contributed by atoms with Crippen LogP contribution in [-0.2, 0) is 28.4 Å². The number of benzene rings is 1. The molecule has 0 bridgehead atoms. The summed E-state index contributed by atoms with van der Waals surface area (Å²) >= 11 is 0. The highest BCUT2D eigenvalue weighted by molar-refractivity contribution is 6.21. The molecular formula is C24H31NO8. The molecule has 5 rings (SSSR count). The second kappa shape index (κ2) is 10.6. The van der Waals surface area contributed by atoms with Gasteiger partial charge >= 0.3 is 0 Å². The molecule has 1 aromatic carbocycles. The maximum absolute atomic E-state index is 12.4. The fraction of sp³-hybridized carbons (Fsp3) is 0.667. The van der Waals surface area contributed by atoms with E-state index in [-0.39, 0.29) is 56.1 Å². The normalized spacial score (nSPS) is 30.5. The molecule has 0 saturated carbocycles. The first-order valence-electron chi connectivity index (χ1n) is 11.9. The molecule has 9 heteroatoms. The number of hydrogen-bond acceptors (Lipinski definition) is 8. The van der Waals surface area contributed by atoms with E-state index in [1.807, 2.05) is 0 Å². The zero-order chi connectivity index (χ0) is 22.6. The van der Waals surface area contributed by atoms with E-state index in [4.69, 9.17) is 28.4 Å². The van der Waals surface area contributed by atoms with Gasteiger partial charge in [0.15, 0.2) is 13.1 Å². The van der Waals surface area contributed by atoms with Crippen LogP contribution in [0.15, 0.2) is 24.3 Å².